The largest absolute Gasteiger partial charge is 0.325 e. The molecule has 0 spiro atoms. The monoisotopic (exact) mass is 314 g/mol. The molecule has 0 atom stereocenters. The first-order chi connectivity index (χ1) is 10.6. The summed E-state index contributed by atoms with van der Waals surface area (Å²) >= 11 is 5.78. The Hall–Kier alpha value is -2.73. The quantitative estimate of drug-likeness (QED) is 0.803. The van der Waals surface area contributed by atoms with Crippen LogP contribution >= 0.6 is 11.6 Å². The minimum absolute atomic E-state index is 0.126. The van der Waals surface area contributed by atoms with Gasteiger partial charge < -0.3 is 5.32 Å². The number of carbonyl (C=O) groups is 1. The summed E-state index contributed by atoms with van der Waals surface area (Å²) in [5.41, 5.74) is 0.670. The van der Waals surface area contributed by atoms with E-state index in [0.29, 0.717) is 21.7 Å². The molecule has 22 heavy (non-hydrogen) atoms. The number of hydrogen-bond donors (Lipinski definition) is 1. The van der Waals surface area contributed by atoms with Gasteiger partial charge in [0, 0.05) is 16.9 Å². The Morgan fingerprint density at radius 3 is 2.73 bits per heavy atom. The lowest BCUT2D eigenvalue weighted by Crippen LogP contribution is -2.28. The molecule has 2 aromatic heterocycles. The van der Waals surface area contributed by atoms with Crippen molar-refractivity contribution in [1.29, 1.82) is 0 Å². The van der Waals surface area contributed by atoms with E-state index in [1.54, 1.807) is 42.6 Å². The van der Waals surface area contributed by atoms with Gasteiger partial charge in [-0.25, -0.2) is 9.97 Å². The fourth-order valence-corrected chi connectivity index (χ4v) is 2.13. The molecule has 1 aromatic carbocycles. The number of fused-ring (bicyclic) bond motifs is 1. The van der Waals surface area contributed by atoms with Gasteiger partial charge in [0.15, 0.2) is 5.65 Å². The second-order valence-corrected chi connectivity index (χ2v) is 5.04. The molecule has 6 nitrogen and oxygen atoms in total. The van der Waals surface area contributed by atoms with Crippen LogP contribution in [0.4, 0.5) is 5.69 Å². The second-order valence-electron chi connectivity index (χ2n) is 4.61. The van der Waals surface area contributed by atoms with Crippen molar-refractivity contribution in [3.05, 3.63) is 64.3 Å². The van der Waals surface area contributed by atoms with E-state index in [1.165, 1.54) is 10.9 Å². The van der Waals surface area contributed by atoms with E-state index in [4.69, 9.17) is 11.6 Å². The van der Waals surface area contributed by atoms with Crippen LogP contribution in [0.15, 0.2) is 53.7 Å². The van der Waals surface area contributed by atoms with Crippen molar-refractivity contribution in [3.8, 4) is 0 Å². The predicted octanol–water partition coefficient (Wildman–Crippen LogP) is 2.08. The third-order valence-electron chi connectivity index (χ3n) is 3.04. The van der Waals surface area contributed by atoms with Crippen molar-refractivity contribution in [2.24, 2.45) is 0 Å². The molecule has 7 heteroatoms. The number of nitrogens with zero attached hydrogens (tertiary/aromatic N) is 3. The number of benzene rings is 1. The van der Waals surface area contributed by atoms with Gasteiger partial charge in [-0.05, 0) is 36.4 Å². The van der Waals surface area contributed by atoms with Gasteiger partial charge in [-0.1, -0.05) is 11.6 Å². The van der Waals surface area contributed by atoms with Gasteiger partial charge in [0.1, 0.15) is 12.9 Å². The van der Waals surface area contributed by atoms with E-state index in [0.717, 1.165) is 0 Å². The highest BCUT2D eigenvalue weighted by Crippen LogP contribution is 2.13. The minimum Gasteiger partial charge on any atom is -0.325 e. The summed E-state index contributed by atoms with van der Waals surface area (Å²) in [5.74, 6) is -0.325. The van der Waals surface area contributed by atoms with Gasteiger partial charge in [0.25, 0.3) is 5.56 Å². The first-order valence-corrected chi connectivity index (χ1v) is 6.87. The van der Waals surface area contributed by atoms with Gasteiger partial charge in [-0.15, -0.1) is 0 Å². The zero-order chi connectivity index (χ0) is 15.5. The molecular weight excluding hydrogens is 304 g/mol. The molecule has 1 amide bonds. The highest BCUT2D eigenvalue weighted by molar-refractivity contribution is 6.30. The Bertz CT molecular complexity index is 890. The summed E-state index contributed by atoms with van der Waals surface area (Å²) in [5, 5.41) is 3.65. The lowest BCUT2D eigenvalue weighted by molar-refractivity contribution is -0.116. The number of hydrogen-bond acceptors (Lipinski definition) is 4. The Labute approximate surface area is 130 Å². The number of nitrogens with one attached hydrogen (secondary N) is 1. The normalized spacial score (nSPS) is 10.6. The molecule has 1 N–H and O–H groups in total. The zero-order valence-corrected chi connectivity index (χ0v) is 12.1. The molecule has 110 valence electrons. The van der Waals surface area contributed by atoms with Crippen molar-refractivity contribution in [2.45, 2.75) is 6.54 Å². The third kappa shape index (κ3) is 2.96. The van der Waals surface area contributed by atoms with Crippen molar-refractivity contribution < 1.29 is 4.79 Å². The predicted molar refractivity (Wildman–Crippen MR) is 83.9 cm³/mol. The van der Waals surface area contributed by atoms with Crippen LogP contribution in [0.2, 0.25) is 5.02 Å². The molecule has 0 bridgehead atoms. The number of amides is 1. The molecule has 3 aromatic rings. The van der Waals surface area contributed by atoms with Crippen molar-refractivity contribution in [3.63, 3.8) is 0 Å². The van der Waals surface area contributed by atoms with Crippen LogP contribution in [-0.2, 0) is 11.3 Å². The minimum atomic E-state index is -0.325. The van der Waals surface area contributed by atoms with E-state index >= 15 is 0 Å². The number of pyridine rings is 1. The highest BCUT2D eigenvalue weighted by atomic mass is 35.5. The number of rotatable bonds is 3. The van der Waals surface area contributed by atoms with Crippen LogP contribution in [-0.4, -0.2) is 20.4 Å². The van der Waals surface area contributed by atoms with E-state index in [-0.39, 0.29) is 18.0 Å². The van der Waals surface area contributed by atoms with Crippen LogP contribution in [0, 0.1) is 0 Å². The molecule has 0 fully saturated rings. The lowest BCUT2D eigenvalue weighted by Gasteiger charge is -2.07. The molecule has 0 unspecified atom stereocenters. The Balaban J connectivity index is 1.81. The highest BCUT2D eigenvalue weighted by Gasteiger charge is 2.08. The fourth-order valence-electron chi connectivity index (χ4n) is 2.00. The van der Waals surface area contributed by atoms with E-state index in [2.05, 4.69) is 15.3 Å². The molecule has 0 aliphatic rings. The summed E-state index contributed by atoms with van der Waals surface area (Å²) in [4.78, 5) is 32.3. The molecule has 3 rings (SSSR count). The lowest BCUT2D eigenvalue weighted by atomic mass is 10.3. The molecule has 2 heterocycles. The molecule has 0 aliphatic carbocycles. The average Bonchev–Trinajstić information content (AvgIpc) is 2.53. The van der Waals surface area contributed by atoms with Gasteiger partial charge in [-0.2, -0.15) is 0 Å². The molecule has 0 saturated carbocycles. The summed E-state index contributed by atoms with van der Waals surface area (Å²) in [6.45, 7) is -0.126. The van der Waals surface area contributed by atoms with E-state index in [1.807, 2.05) is 0 Å². The van der Waals surface area contributed by atoms with Gasteiger partial charge in [-0.3, -0.25) is 14.2 Å². The number of anilines is 1. The van der Waals surface area contributed by atoms with Crippen LogP contribution in [0.1, 0.15) is 0 Å². The van der Waals surface area contributed by atoms with Gasteiger partial charge in [0.05, 0.1) is 5.39 Å². The van der Waals surface area contributed by atoms with Crippen molar-refractivity contribution >= 4 is 34.2 Å². The van der Waals surface area contributed by atoms with Crippen LogP contribution in [0.3, 0.4) is 0 Å². The third-order valence-corrected chi connectivity index (χ3v) is 3.29. The maximum absolute atomic E-state index is 12.2. The first-order valence-electron chi connectivity index (χ1n) is 6.49. The topological polar surface area (TPSA) is 76.9 Å². The Kier molecular flexibility index (Phi) is 3.84. The summed E-state index contributed by atoms with van der Waals surface area (Å²) < 4.78 is 1.25. The molecule has 0 saturated heterocycles. The first kappa shape index (κ1) is 14.2. The Morgan fingerprint density at radius 1 is 1.18 bits per heavy atom. The second kappa shape index (κ2) is 5.95. The number of carbonyl (C=O) groups excluding carboxylic acids is 1. The van der Waals surface area contributed by atoms with Crippen molar-refractivity contribution in [1.82, 2.24) is 14.5 Å². The zero-order valence-electron chi connectivity index (χ0n) is 11.4. The van der Waals surface area contributed by atoms with Gasteiger partial charge in [0.2, 0.25) is 5.91 Å². The summed E-state index contributed by atoms with van der Waals surface area (Å²) in [6, 6.07) is 10.0. The van der Waals surface area contributed by atoms with E-state index < -0.39 is 0 Å². The Morgan fingerprint density at radius 2 is 1.95 bits per heavy atom. The standard InChI is InChI=1S/C15H11ClN4O2/c16-10-3-5-11(6-4-10)19-13(21)8-20-9-18-14-12(15(20)22)2-1-7-17-14/h1-7,9H,8H2,(H,19,21). The summed E-state index contributed by atoms with van der Waals surface area (Å²) in [6.07, 6.45) is 2.88. The number of halogens is 1. The van der Waals surface area contributed by atoms with Crippen molar-refractivity contribution in [2.75, 3.05) is 5.32 Å². The van der Waals surface area contributed by atoms with Crippen LogP contribution in [0.25, 0.3) is 11.0 Å². The maximum Gasteiger partial charge on any atom is 0.263 e. The molecule has 0 aliphatic heterocycles. The van der Waals surface area contributed by atoms with Crippen LogP contribution in [0.5, 0.6) is 0 Å². The molecular formula is C15H11ClN4O2. The average molecular weight is 315 g/mol. The maximum atomic E-state index is 12.2. The van der Waals surface area contributed by atoms with E-state index in [9.17, 15) is 9.59 Å². The SMILES string of the molecule is O=C(Cn1cnc2ncccc2c1=O)Nc1ccc(Cl)cc1. The van der Waals surface area contributed by atoms with Gasteiger partial charge >= 0.3 is 0 Å². The smallest absolute Gasteiger partial charge is 0.263 e. The summed E-state index contributed by atoms with van der Waals surface area (Å²) in [7, 11) is 0. The van der Waals surface area contributed by atoms with Crippen LogP contribution < -0.4 is 10.9 Å². The number of aromatic nitrogens is 3. The molecule has 0 radical (unpaired) electrons. The fraction of sp³-hybridized carbons (Fsp3) is 0.0667.